The van der Waals surface area contributed by atoms with Crippen molar-refractivity contribution in [1.29, 1.82) is 0 Å². The van der Waals surface area contributed by atoms with Gasteiger partial charge in [0.15, 0.2) is 0 Å². The van der Waals surface area contributed by atoms with Crippen LogP contribution in [0.1, 0.15) is 23.1 Å². The van der Waals surface area contributed by atoms with Gasteiger partial charge in [0.1, 0.15) is 0 Å². The summed E-state index contributed by atoms with van der Waals surface area (Å²) in [6.45, 7) is 4.90. The standard InChI is InChI=1S/C20H25N3O3S/c1-16-8-10-19(11-9-16)21-20(24)15-23-13-5-12-22(27(23,25)26)14-18-7-4-3-6-17(18)2/h3-4,6-11H,5,12-15H2,1-2H3,(H,21,24). The molecule has 0 atom stereocenters. The second kappa shape index (κ2) is 8.21. The first-order valence-corrected chi connectivity index (χ1v) is 10.4. The van der Waals surface area contributed by atoms with Crippen LogP contribution in [0.4, 0.5) is 5.69 Å². The molecule has 3 rings (SSSR count). The van der Waals surface area contributed by atoms with Crippen molar-refractivity contribution in [3.8, 4) is 0 Å². The zero-order valence-corrected chi connectivity index (χ0v) is 16.5. The van der Waals surface area contributed by atoms with Gasteiger partial charge < -0.3 is 5.32 Å². The molecule has 0 aromatic heterocycles. The van der Waals surface area contributed by atoms with Gasteiger partial charge in [0.05, 0.1) is 6.54 Å². The quantitative estimate of drug-likeness (QED) is 0.858. The molecule has 1 aliphatic rings. The van der Waals surface area contributed by atoms with Gasteiger partial charge >= 0.3 is 0 Å². The van der Waals surface area contributed by atoms with E-state index in [9.17, 15) is 13.2 Å². The largest absolute Gasteiger partial charge is 0.325 e. The van der Waals surface area contributed by atoms with Crippen molar-refractivity contribution in [1.82, 2.24) is 8.61 Å². The third-order valence-electron chi connectivity index (χ3n) is 4.73. The molecule has 0 aliphatic carbocycles. The van der Waals surface area contributed by atoms with Crippen LogP contribution in [0.15, 0.2) is 48.5 Å². The van der Waals surface area contributed by atoms with Gasteiger partial charge in [0, 0.05) is 25.3 Å². The first-order valence-electron chi connectivity index (χ1n) is 9.02. The van der Waals surface area contributed by atoms with E-state index in [-0.39, 0.29) is 12.5 Å². The number of hydrogen-bond donors (Lipinski definition) is 1. The number of nitrogens with zero attached hydrogens (tertiary/aromatic N) is 2. The maximum atomic E-state index is 12.9. The molecule has 2 aromatic carbocycles. The van der Waals surface area contributed by atoms with E-state index in [4.69, 9.17) is 0 Å². The molecule has 6 nitrogen and oxygen atoms in total. The highest BCUT2D eigenvalue weighted by Crippen LogP contribution is 2.21. The second-order valence-electron chi connectivity index (χ2n) is 6.87. The molecule has 1 saturated heterocycles. The lowest BCUT2D eigenvalue weighted by atomic mass is 10.1. The molecule has 1 aliphatic heterocycles. The Kier molecular flexibility index (Phi) is 5.94. The monoisotopic (exact) mass is 387 g/mol. The average molecular weight is 388 g/mol. The van der Waals surface area contributed by atoms with E-state index in [0.29, 0.717) is 31.7 Å². The van der Waals surface area contributed by atoms with Crippen molar-refractivity contribution in [3.05, 3.63) is 65.2 Å². The van der Waals surface area contributed by atoms with Gasteiger partial charge in [0.2, 0.25) is 5.91 Å². The smallest absolute Gasteiger partial charge is 0.282 e. The van der Waals surface area contributed by atoms with E-state index >= 15 is 0 Å². The number of aryl methyl sites for hydroxylation is 2. The Bertz CT molecular complexity index is 910. The van der Waals surface area contributed by atoms with E-state index in [1.165, 1.54) is 8.61 Å². The molecule has 0 saturated carbocycles. The van der Waals surface area contributed by atoms with Gasteiger partial charge in [-0.2, -0.15) is 17.0 Å². The van der Waals surface area contributed by atoms with Gasteiger partial charge in [-0.25, -0.2) is 0 Å². The van der Waals surface area contributed by atoms with Crippen LogP contribution >= 0.6 is 0 Å². The Labute approximate surface area is 161 Å². The molecule has 0 radical (unpaired) electrons. The summed E-state index contributed by atoms with van der Waals surface area (Å²) in [4.78, 5) is 12.3. The predicted octanol–water partition coefficient (Wildman–Crippen LogP) is 2.69. The molecular weight excluding hydrogens is 362 g/mol. The Hall–Kier alpha value is -2.22. The van der Waals surface area contributed by atoms with Gasteiger partial charge in [-0.3, -0.25) is 4.79 Å². The van der Waals surface area contributed by atoms with Gasteiger partial charge in [0.25, 0.3) is 10.2 Å². The lowest BCUT2D eigenvalue weighted by Gasteiger charge is -2.34. The molecule has 1 heterocycles. The van der Waals surface area contributed by atoms with Crippen LogP contribution in [0.25, 0.3) is 0 Å². The zero-order valence-electron chi connectivity index (χ0n) is 15.7. The first-order chi connectivity index (χ1) is 12.9. The number of amides is 1. The number of benzene rings is 2. The summed E-state index contributed by atoms with van der Waals surface area (Å²) in [5.41, 5.74) is 3.80. The maximum absolute atomic E-state index is 12.9. The van der Waals surface area contributed by atoms with Gasteiger partial charge in [-0.05, 0) is 43.5 Å². The van der Waals surface area contributed by atoms with Crippen molar-refractivity contribution in [2.45, 2.75) is 26.8 Å². The van der Waals surface area contributed by atoms with E-state index in [1.807, 2.05) is 62.4 Å². The number of carbonyl (C=O) groups is 1. The fourth-order valence-corrected chi connectivity index (χ4v) is 4.74. The molecule has 1 amide bonds. The topological polar surface area (TPSA) is 69.7 Å². The minimum atomic E-state index is -3.67. The molecule has 27 heavy (non-hydrogen) atoms. The SMILES string of the molecule is Cc1ccc(NC(=O)CN2CCCN(Cc3ccccc3C)S2(=O)=O)cc1. The highest BCUT2D eigenvalue weighted by molar-refractivity contribution is 7.86. The molecule has 144 valence electrons. The van der Waals surface area contributed by atoms with Crippen molar-refractivity contribution in [2.24, 2.45) is 0 Å². The van der Waals surface area contributed by atoms with Gasteiger partial charge in [-0.15, -0.1) is 0 Å². The summed E-state index contributed by atoms with van der Waals surface area (Å²) in [5, 5.41) is 2.76. The summed E-state index contributed by atoms with van der Waals surface area (Å²) in [7, 11) is -3.67. The number of anilines is 1. The minimum absolute atomic E-state index is 0.180. The van der Waals surface area contributed by atoms with E-state index in [2.05, 4.69) is 5.32 Å². The van der Waals surface area contributed by atoms with Crippen LogP contribution in [0, 0.1) is 13.8 Å². The van der Waals surface area contributed by atoms with Crippen molar-refractivity contribution >= 4 is 21.8 Å². The summed E-state index contributed by atoms with van der Waals surface area (Å²) < 4.78 is 28.6. The lowest BCUT2D eigenvalue weighted by molar-refractivity contribution is -0.116. The number of nitrogens with one attached hydrogen (secondary N) is 1. The molecule has 0 spiro atoms. The summed E-state index contributed by atoms with van der Waals surface area (Å²) in [6, 6.07) is 15.2. The fourth-order valence-electron chi connectivity index (χ4n) is 3.11. The number of carbonyl (C=O) groups excluding carboxylic acids is 1. The highest BCUT2D eigenvalue weighted by Gasteiger charge is 2.34. The Morgan fingerprint density at radius 3 is 2.37 bits per heavy atom. The van der Waals surface area contributed by atoms with Crippen LogP contribution in [0.5, 0.6) is 0 Å². The van der Waals surface area contributed by atoms with Crippen LogP contribution in [0.2, 0.25) is 0 Å². The molecule has 7 heteroatoms. The van der Waals surface area contributed by atoms with E-state index in [1.54, 1.807) is 0 Å². The van der Waals surface area contributed by atoms with Crippen molar-refractivity contribution < 1.29 is 13.2 Å². The maximum Gasteiger partial charge on any atom is 0.282 e. The number of rotatable bonds is 5. The molecule has 2 aromatic rings. The molecule has 1 N–H and O–H groups in total. The molecule has 0 bridgehead atoms. The zero-order chi connectivity index (χ0) is 19.4. The molecule has 0 unspecified atom stereocenters. The van der Waals surface area contributed by atoms with Crippen LogP contribution < -0.4 is 5.32 Å². The molecular formula is C20H25N3O3S. The summed E-state index contributed by atoms with van der Waals surface area (Å²) in [5.74, 6) is -0.333. The predicted molar refractivity (Wildman–Crippen MR) is 107 cm³/mol. The lowest BCUT2D eigenvalue weighted by Crippen LogP contribution is -2.51. The van der Waals surface area contributed by atoms with E-state index < -0.39 is 10.2 Å². The second-order valence-corrected chi connectivity index (χ2v) is 8.80. The third kappa shape index (κ3) is 4.74. The first kappa shape index (κ1) is 19.5. The third-order valence-corrected chi connectivity index (χ3v) is 6.66. The summed E-state index contributed by atoms with van der Waals surface area (Å²) in [6.07, 6.45) is 0.697. The highest BCUT2D eigenvalue weighted by atomic mass is 32.2. The molecule has 1 fully saturated rings. The van der Waals surface area contributed by atoms with Crippen molar-refractivity contribution in [2.75, 3.05) is 25.0 Å². The summed E-state index contributed by atoms with van der Waals surface area (Å²) >= 11 is 0. The van der Waals surface area contributed by atoms with Crippen molar-refractivity contribution in [3.63, 3.8) is 0 Å². The fraction of sp³-hybridized carbons (Fsp3) is 0.350. The normalized spacial score (nSPS) is 17.6. The van der Waals surface area contributed by atoms with Gasteiger partial charge in [-0.1, -0.05) is 42.0 Å². The number of hydrogen-bond acceptors (Lipinski definition) is 3. The Morgan fingerprint density at radius 1 is 1.00 bits per heavy atom. The van der Waals surface area contributed by atoms with Crippen LogP contribution in [-0.2, 0) is 21.5 Å². The minimum Gasteiger partial charge on any atom is -0.325 e. The van der Waals surface area contributed by atoms with E-state index in [0.717, 1.165) is 16.7 Å². The Balaban J connectivity index is 1.67. The average Bonchev–Trinajstić information content (AvgIpc) is 2.62. The Morgan fingerprint density at radius 2 is 1.67 bits per heavy atom. The van der Waals surface area contributed by atoms with Crippen LogP contribution in [-0.4, -0.2) is 42.6 Å². The van der Waals surface area contributed by atoms with Crippen LogP contribution in [0.3, 0.4) is 0 Å².